The van der Waals surface area contributed by atoms with Gasteiger partial charge in [0.05, 0.1) is 7.11 Å². The molecule has 0 spiro atoms. The average molecular weight is 211 g/mol. The standard InChI is InChI=1S/C12H21NO2/c1-10-6-4-3-5-7-11(10)13-9-8-12(14)15-2/h8-11,13H,3-7H2,1-2H3/b9-8+. The lowest BCUT2D eigenvalue weighted by atomic mass is 9.97. The third-order valence-corrected chi connectivity index (χ3v) is 3.09. The Morgan fingerprint density at radius 1 is 1.33 bits per heavy atom. The molecule has 0 aromatic heterocycles. The number of ether oxygens (including phenoxy) is 1. The molecule has 3 nitrogen and oxygen atoms in total. The molecule has 0 heterocycles. The number of carbonyl (C=O) groups excluding carboxylic acids is 1. The van der Waals surface area contributed by atoms with Crippen LogP contribution in [0.15, 0.2) is 12.3 Å². The molecule has 1 fully saturated rings. The molecule has 15 heavy (non-hydrogen) atoms. The highest BCUT2D eigenvalue weighted by atomic mass is 16.5. The maximum Gasteiger partial charge on any atom is 0.331 e. The van der Waals surface area contributed by atoms with Crippen molar-refractivity contribution in [2.24, 2.45) is 5.92 Å². The first kappa shape index (κ1) is 12.1. The average Bonchev–Trinajstić information content (AvgIpc) is 2.44. The molecule has 0 bridgehead atoms. The van der Waals surface area contributed by atoms with E-state index in [1.54, 1.807) is 6.20 Å². The molecule has 1 saturated carbocycles. The predicted molar refractivity (Wildman–Crippen MR) is 60.3 cm³/mol. The molecule has 0 radical (unpaired) electrons. The van der Waals surface area contributed by atoms with Gasteiger partial charge in [-0.3, -0.25) is 0 Å². The molecule has 1 aliphatic rings. The van der Waals surface area contributed by atoms with Crippen molar-refractivity contribution in [2.45, 2.75) is 45.1 Å². The number of methoxy groups -OCH3 is 1. The van der Waals surface area contributed by atoms with Gasteiger partial charge in [-0.15, -0.1) is 0 Å². The van der Waals surface area contributed by atoms with Crippen molar-refractivity contribution < 1.29 is 9.53 Å². The summed E-state index contributed by atoms with van der Waals surface area (Å²) in [6.45, 7) is 2.27. The molecule has 0 amide bonds. The third kappa shape index (κ3) is 4.36. The van der Waals surface area contributed by atoms with Crippen molar-refractivity contribution >= 4 is 5.97 Å². The Hall–Kier alpha value is -0.990. The topological polar surface area (TPSA) is 38.3 Å². The summed E-state index contributed by atoms with van der Waals surface area (Å²) < 4.78 is 4.53. The molecule has 86 valence electrons. The lowest BCUT2D eigenvalue weighted by Crippen LogP contribution is -2.30. The quantitative estimate of drug-likeness (QED) is 0.442. The van der Waals surface area contributed by atoms with Crippen LogP contribution < -0.4 is 5.32 Å². The minimum atomic E-state index is -0.302. The first-order valence-corrected chi connectivity index (χ1v) is 5.74. The summed E-state index contributed by atoms with van der Waals surface area (Å²) >= 11 is 0. The van der Waals surface area contributed by atoms with Crippen LogP contribution in [-0.2, 0) is 9.53 Å². The van der Waals surface area contributed by atoms with E-state index in [1.165, 1.54) is 45.3 Å². The van der Waals surface area contributed by atoms with Crippen molar-refractivity contribution in [3.05, 3.63) is 12.3 Å². The van der Waals surface area contributed by atoms with Crippen molar-refractivity contribution in [1.82, 2.24) is 5.32 Å². The van der Waals surface area contributed by atoms with Gasteiger partial charge in [0.2, 0.25) is 0 Å². The van der Waals surface area contributed by atoms with E-state index in [-0.39, 0.29) is 5.97 Å². The Morgan fingerprint density at radius 3 is 2.80 bits per heavy atom. The summed E-state index contributed by atoms with van der Waals surface area (Å²) in [6.07, 6.45) is 9.60. The molecule has 1 aliphatic carbocycles. The van der Waals surface area contributed by atoms with Crippen LogP contribution in [0.5, 0.6) is 0 Å². The largest absolute Gasteiger partial charge is 0.466 e. The van der Waals surface area contributed by atoms with E-state index >= 15 is 0 Å². The molecule has 1 N–H and O–H groups in total. The maximum absolute atomic E-state index is 10.9. The van der Waals surface area contributed by atoms with Crippen LogP contribution in [0, 0.1) is 5.92 Å². The van der Waals surface area contributed by atoms with Crippen molar-refractivity contribution in [2.75, 3.05) is 7.11 Å². The second-order valence-electron chi connectivity index (χ2n) is 4.24. The van der Waals surface area contributed by atoms with Gasteiger partial charge >= 0.3 is 5.97 Å². The Balaban J connectivity index is 2.35. The molecule has 0 aromatic rings. The molecule has 0 aliphatic heterocycles. The van der Waals surface area contributed by atoms with Crippen LogP contribution in [0.1, 0.15) is 39.0 Å². The Labute approximate surface area is 91.9 Å². The molecule has 1 rings (SSSR count). The SMILES string of the molecule is COC(=O)/C=C/NC1CCCCCC1C. The smallest absolute Gasteiger partial charge is 0.331 e. The van der Waals surface area contributed by atoms with E-state index in [4.69, 9.17) is 0 Å². The van der Waals surface area contributed by atoms with Crippen LogP contribution in [0.2, 0.25) is 0 Å². The number of rotatable bonds is 3. The van der Waals surface area contributed by atoms with Gasteiger partial charge in [-0.2, -0.15) is 0 Å². The second kappa shape index (κ2) is 6.49. The fraction of sp³-hybridized carbons (Fsp3) is 0.750. The van der Waals surface area contributed by atoms with Gasteiger partial charge < -0.3 is 10.1 Å². The summed E-state index contributed by atoms with van der Waals surface area (Å²) in [4.78, 5) is 10.9. The Morgan fingerprint density at radius 2 is 2.07 bits per heavy atom. The van der Waals surface area contributed by atoms with Crippen LogP contribution in [0.25, 0.3) is 0 Å². The normalized spacial score (nSPS) is 27.3. The molecule has 2 unspecified atom stereocenters. The summed E-state index contributed by atoms with van der Waals surface area (Å²) in [5.74, 6) is 0.388. The van der Waals surface area contributed by atoms with Gasteiger partial charge in [-0.1, -0.05) is 26.2 Å². The van der Waals surface area contributed by atoms with Gasteiger partial charge in [-0.25, -0.2) is 4.79 Å². The highest BCUT2D eigenvalue weighted by molar-refractivity contribution is 5.81. The highest BCUT2D eigenvalue weighted by Crippen LogP contribution is 2.22. The van der Waals surface area contributed by atoms with Crippen LogP contribution in [0.4, 0.5) is 0 Å². The fourth-order valence-electron chi connectivity index (χ4n) is 2.05. The summed E-state index contributed by atoms with van der Waals surface area (Å²) in [6, 6.07) is 0.508. The molecule has 3 heteroatoms. The van der Waals surface area contributed by atoms with Gasteiger partial charge in [0.15, 0.2) is 0 Å². The van der Waals surface area contributed by atoms with Gasteiger partial charge in [0.25, 0.3) is 0 Å². The number of hydrogen-bond acceptors (Lipinski definition) is 3. The van der Waals surface area contributed by atoms with Crippen molar-refractivity contribution in [3.8, 4) is 0 Å². The summed E-state index contributed by atoms with van der Waals surface area (Å²) in [7, 11) is 1.39. The van der Waals surface area contributed by atoms with E-state index in [1.807, 2.05) is 0 Å². The number of esters is 1. The Bertz CT molecular complexity index is 226. The van der Waals surface area contributed by atoms with Gasteiger partial charge in [0, 0.05) is 18.3 Å². The zero-order valence-corrected chi connectivity index (χ0v) is 9.66. The van der Waals surface area contributed by atoms with Crippen LogP contribution in [0.3, 0.4) is 0 Å². The van der Waals surface area contributed by atoms with E-state index in [0.29, 0.717) is 12.0 Å². The predicted octanol–water partition coefficient (Wildman–Crippen LogP) is 2.23. The van der Waals surface area contributed by atoms with E-state index < -0.39 is 0 Å². The zero-order valence-electron chi connectivity index (χ0n) is 9.66. The number of hydrogen-bond donors (Lipinski definition) is 1. The highest BCUT2D eigenvalue weighted by Gasteiger charge is 2.18. The van der Waals surface area contributed by atoms with E-state index in [9.17, 15) is 4.79 Å². The first-order chi connectivity index (χ1) is 7.24. The molecular weight excluding hydrogens is 190 g/mol. The minimum absolute atomic E-state index is 0.302. The molecular formula is C12H21NO2. The van der Waals surface area contributed by atoms with Gasteiger partial charge in [0.1, 0.15) is 0 Å². The molecule has 0 aromatic carbocycles. The Kier molecular flexibility index (Phi) is 5.22. The van der Waals surface area contributed by atoms with E-state index in [0.717, 1.165) is 0 Å². The fourth-order valence-corrected chi connectivity index (χ4v) is 2.05. The third-order valence-electron chi connectivity index (χ3n) is 3.09. The van der Waals surface area contributed by atoms with Crippen molar-refractivity contribution in [1.29, 1.82) is 0 Å². The van der Waals surface area contributed by atoms with Crippen molar-refractivity contribution in [3.63, 3.8) is 0 Å². The minimum Gasteiger partial charge on any atom is -0.466 e. The lowest BCUT2D eigenvalue weighted by molar-refractivity contribution is -0.134. The maximum atomic E-state index is 10.9. The van der Waals surface area contributed by atoms with Crippen LogP contribution in [-0.4, -0.2) is 19.1 Å². The zero-order chi connectivity index (χ0) is 11.1. The number of carbonyl (C=O) groups is 1. The monoisotopic (exact) mass is 211 g/mol. The van der Waals surface area contributed by atoms with Gasteiger partial charge in [-0.05, 0) is 18.8 Å². The molecule has 2 atom stereocenters. The second-order valence-corrected chi connectivity index (χ2v) is 4.24. The van der Waals surface area contributed by atoms with E-state index in [2.05, 4.69) is 17.0 Å². The summed E-state index contributed by atoms with van der Waals surface area (Å²) in [5.41, 5.74) is 0. The van der Waals surface area contributed by atoms with Crippen LogP contribution >= 0.6 is 0 Å². The molecule has 0 saturated heterocycles. The number of nitrogens with one attached hydrogen (secondary N) is 1. The summed E-state index contributed by atoms with van der Waals surface area (Å²) in [5, 5.41) is 3.30. The first-order valence-electron chi connectivity index (χ1n) is 5.74. The lowest BCUT2D eigenvalue weighted by Gasteiger charge is -2.21.